The molecule has 144 valence electrons. The van der Waals surface area contributed by atoms with Crippen molar-refractivity contribution in [3.05, 3.63) is 89.4 Å². The molecule has 0 fully saturated rings. The molecule has 0 atom stereocenters. The number of ether oxygens (including phenoxy) is 1. The Morgan fingerprint density at radius 1 is 1.00 bits per heavy atom. The van der Waals surface area contributed by atoms with Crippen LogP contribution in [0.3, 0.4) is 0 Å². The fraction of sp³-hybridized carbons (Fsp3) is 0.174. The lowest BCUT2D eigenvalue weighted by Gasteiger charge is -2.12. The van der Waals surface area contributed by atoms with E-state index in [-0.39, 0.29) is 6.61 Å². The van der Waals surface area contributed by atoms with Gasteiger partial charge in [0, 0.05) is 37.3 Å². The van der Waals surface area contributed by atoms with Crippen LogP contribution in [0, 0.1) is 11.3 Å². The van der Waals surface area contributed by atoms with Crippen molar-refractivity contribution in [2.75, 3.05) is 0 Å². The molecular formula is C23H21N5O. The minimum absolute atomic E-state index is 0.256. The third kappa shape index (κ3) is 4.10. The van der Waals surface area contributed by atoms with E-state index >= 15 is 0 Å². The summed E-state index contributed by atoms with van der Waals surface area (Å²) in [5, 5.41) is 18.5. The number of para-hydroxylation sites is 2. The Morgan fingerprint density at radius 2 is 1.83 bits per heavy atom. The maximum atomic E-state index is 9.21. The standard InChI is InChI=1S/C23H21N5O/c1-28-22-10-4-3-9-19(22)20(27-28)15-25-14-18-7-2-5-11-23(18)29-16-21-17(13-24)8-6-12-26-21/h2-12,25H,14-16H2,1H3. The Kier molecular flexibility index (Phi) is 5.50. The number of hydrogen-bond donors (Lipinski definition) is 1. The van der Waals surface area contributed by atoms with Crippen LogP contribution in [0.4, 0.5) is 0 Å². The molecule has 29 heavy (non-hydrogen) atoms. The van der Waals surface area contributed by atoms with Gasteiger partial charge >= 0.3 is 0 Å². The maximum Gasteiger partial charge on any atom is 0.132 e. The second-order valence-corrected chi connectivity index (χ2v) is 6.70. The first kappa shape index (κ1) is 18.7. The molecule has 4 aromatic rings. The molecule has 2 aromatic carbocycles. The predicted octanol–water partition coefficient (Wildman–Crippen LogP) is 3.71. The van der Waals surface area contributed by atoms with Gasteiger partial charge in [0.15, 0.2) is 0 Å². The highest BCUT2D eigenvalue weighted by atomic mass is 16.5. The first-order valence-electron chi connectivity index (χ1n) is 9.42. The van der Waals surface area contributed by atoms with Gasteiger partial charge in [0.05, 0.1) is 22.5 Å². The molecule has 0 amide bonds. The summed E-state index contributed by atoms with van der Waals surface area (Å²) in [7, 11) is 1.96. The highest BCUT2D eigenvalue weighted by Gasteiger charge is 2.09. The van der Waals surface area contributed by atoms with Gasteiger partial charge in [-0.15, -0.1) is 0 Å². The molecule has 1 N–H and O–H groups in total. The lowest BCUT2D eigenvalue weighted by Crippen LogP contribution is -2.14. The molecule has 6 nitrogen and oxygen atoms in total. The summed E-state index contributed by atoms with van der Waals surface area (Å²) in [5.41, 5.74) is 4.36. The molecule has 0 bridgehead atoms. The van der Waals surface area contributed by atoms with Crippen LogP contribution in [0.25, 0.3) is 10.9 Å². The molecule has 4 rings (SSSR count). The Morgan fingerprint density at radius 3 is 2.72 bits per heavy atom. The van der Waals surface area contributed by atoms with Crippen LogP contribution in [0.5, 0.6) is 5.75 Å². The van der Waals surface area contributed by atoms with E-state index in [0.29, 0.717) is 24.3 Å². The number of nitriles is 1. The van der Waals surface area contributed by atoms with Gasteiger partial charge in [-0.2, -0.15) is 10.4 Å². The molecule has 2 heterocycles. The summed E-state index contributed by atoms with van der Waals surface area (Å²) >= 11 is 0. The van der Waals surface area contributed by atoms with Gasteiger partial charge in [-0.25, -0.2) is 0 Å². The normalized spacial score (nSPS) is 10.8. The Labute approximate surface area is 169 Å². The largest absolute Gasteiger partial charge is 0.487 e. The number of nitrogens with zero attached hydrogens (tertiary/aromatic N) is 4. The molecular weight excluding hydrogens is 362 g/mol. The van der Waals surface area contributed by atoms with Gasteiger partial charge < -0.3 is 10.1 Å². The Hall–Kier alpha value is -3.69. The van der Waals surface area contributed by atoms with Crippen LogP contribution in [-0.2, 0) is 26.7 Å². The van der Waals surface area contributed by atoms with E-state index in [2.05, 4.69) is 33.6 Å². The number of nitrogens with one attached hydrogen (secondary N) is 1. The van der Waals surface area contributed by atoms with Crippen molar-refractivity contribution in [3.8, 4) is 11.8 Å². The number of fused-ring (bicyclic) bond motifs is 1. The molecule has 0 aliphatic heterocycles. The molecule has 0 saturated carbocycles. The van der Waals surface area contributed by atoms with Crippen LogP contribution < -0.4 is 10.1 Å². The topological polar surface area (TPSA) is 75.8 Å². The number of rotatable bonds is 7. The second kappa shape index (κ2) is 8.55. The molecule has 0 saturated heterocycles. The number of benzene rings is 2. The lowest BCUT2D eigenvalue weighted by atomic mass is 10.2. The van der Waals surface area contributed by atoms with Crippen LogP contribution in [0.1, 0.15) is 22.5 Å². The zero-order valence-corrected chi connectivity index (χ0v) is 16.2. The lowest BCUT2D eigenvalue weighted by molar-refractivity contribution is 0.297. The van der Waals surface area contributed by atoms with E-state index < -0.39 is 0 Å². The van der Waals surface area contributed by atoms with E-state index in [1.54, 1.807) is 18.3 Å². The van der Waals surface area contributed by atoms with Gasteiger partial charge in [-0.1, -0.05) is 36.4 Å². The fourth-order valence-electron chi connectivity index (χ4n) is 3.33. The SMILES string of the molecule is Cn1nc(CNCc2ccccc2OCc2ncccc2C#N)c2ccccc21. The third-order valence-corrected chi connectivity index (χ3v) is 4.79. The van der Waals surface area contributed by atoms with Crippen molar-refractivity contribution in [1.29, 1.82) is 5.26 Å². The van der Waals surface area contributed by atoms with Gasteiger partial charge in [0.25, 0.3) is 0 Å². The summed E-state index contributed by atoms with van der Waals surface area (Å²) in [5.74, 6) is 0.778. The Balaban J connectivity index is 1.43. The van der Waals surface area contributed by atoms with Crippen molar-refractivity contribution in [2.45, 2.75) is 19.7 Å². The van der Waals surface area contributed by atoms with Gasteiger partial charge in [0.1, 0.15) is 18.4 Å². The second-order valence-electron chi connectivity index (χ2n) is 6.70. The van der Waals surface area contributed by atoms with Gasteiger partial charge in [-0.3, -0.25) is 9.67 Å². The molecule has 0 radical (unpaired) electrons. The van der Waals surface area contributed by atoms with Crippen molar-refractivity contribution >= 4 is 10.9 Å². The van der Waals surface area contributed by atoms with E-state index in [1.165, 1.54) is 0 Å². The fourth-order valence-corrected chi connectivity index (χ4v) is 3.33. The predicted molar refractivity (Wildman–Crippen MR) is 111 cm³/mol. The summed E-state index contributed by atoms with van der Waals surface area (Å²) in [6.45, 7) is 1.56. The van der Waals surface area contributed by atoms with Gasteiger partial charge in [0.2, 0.25) is 0 Å². The van der Waals surface area contributed by atoms with E-state index in [0.717, 1.165) is 27.9 Å². The Bertz CT molecular complexity index is 1180. The van der Waals surface area contributed by atoms with Crippen LogP contribution >= 0.6 is 0 Å². The maximum absolute atomic E-state index is 9.21. The molecule has 2 aromatic heterocycles. The first-order chi connectivity index (χ1) is 14.3. The minimum atomic E-state index is 0.256. The third-order valence-electron chi connectivity index (χ3n) is 4.79. The zero-order valence-electron chi connectivity index (χ0n) is 16.2. The molecule has 0 aliphatic carbocycles. The average Bonchev–Trinajstić information content (AvgIpc) is 3.09. The summed E-state index contributed by atoms with van der Waals surface area (Å²) in [6.07, 6.45) is 1.67. The average molecular weight is 383 g/mol. The zero-order chi connectivity index (χ0) is 20.1. The van der Waals surface area contributed by atoms with Gasteiger partial charge in [-0.05, 0) is 24.3 Å². The molecule has 0 aliphatic rings. The highest BCUT2D eigenvalue weighted by Crippen LogP contribution is 2.21. The van der Waals surface area contributed by atoms with E-state index in [4.69, 9.17) is 4.74 Å². The summed E-state index contributed by atoms with van der Waals surface area (Å²) in [6, 6.07) is 21.8. The van der Waals surface area contributed by atoms with E-state index in [1.807, 2.05) is 48.1 Å². The highest BCUT2D eigenvalue weighted by molar-refractivity contribution is 5.81. The smallest absolute Gasteiger partial charge is 0.132 e. The number of aryl methyl sites for hydroxylation is 1. The quantitative estimate of drug-likeness (QED) is 0.526. The molecule has 6 heteroatoms. The van der Waals surface area contributed by atoms with Crippen molar-refractivity contribution < 1.29 is 4.74 Å². The first-order valence-corrected chi connectivity index (χ1v) is 9.42. The minimum Gasteiger partial charge on any atom is -0.487 e. The number of hydrogen-bond acceptors (Lipinski definition) is 5. The monoisotopic (exact) mass is 383 g/mol. The number of aromatic nitrogens is 3. The summed E-state index contributed by atoms with van der Waals surface area (Å²) < 4.78 is 7.88. The van der Waals surface area contributed by atoms with E-state index in [9.17, 15) is 5.26 Å². The molecule has 0 spiro atoms. The van der Waals surface area contributed by atoms with Crippen LogP contribution in [0.15, 0.2) is 66.9 Å². The van der Waals surface area contributed by atoms with Crippen molar-refractivity contribution in [1.82, 2.24) is 20.1 Å². The van der Waals surface area contributed by atoms with Crippen LogP contribution in [0.2, 0.25) is 0 Å². The van der Waals surface area contributed by atoms with Crippen molar-refractivity contribution in [3.63, 3.8) is 0 Å². The van der Waals surface area contributed by atoms with Crippen LogP contribution in [-0.4, -0.2) is 14.8 Å². The summed E-state index contributed by atoms with van der Waals surface area (Å²) in [4.78, 5) is 4.25. The van der Waals surface area contributed by atoms with Crippen molar-refractivity contribution in [2.24, 2.45) is 7.05 Å². The molecule has 0 unspecified atom stereocenters. The number of pyridine rings is 1.